The summed E-state index contributed by atoms with van der Waals surface area (Å²) in [6.45, 7) is 0.940. The van der Waals surface area contributed by atoms with Crippen LogP contribution >= 0.6 is 11.3 Å². The third-order valence-corrected chi connectivity index (χ3v) is 3.84. The summed E-state index contributed by atoms with van der Waals surface area (Å²) < 4.78 is 5.67. The highest BCUT2D eigenvalue weighted by Crippen LogP contribution is 2.20. The minimum Gasteiger partial charge on any atom is -0.492 e. The Morgan fingerprint density at radius 1 is 1.10 bits per heavy atom. The van der Waals surface area contributed by atoms with Gasteiger partial charge in [-0.3, -0.25) is 4.79 Å². The third kappa shape index (κ3) is 3.41. The Bertz CT molecular complexity index is 737. The average Bonchev–Trinajstić information content (AvgIpc) is 3.06. The van der Waals surface area contributed by atoms with Crippen LogP contribution in [-0.4, -0.2) is 19.1 Å². The minimum atomic E-state index is -0.0571. The highest BCUT2D eigenvalue weighted by molar-refractivity contribution is 7.08. The molecular formula is C17H15NO2S. The van der Waals surface area contributed by atoms with Crippen LogP contribution in [0.1, 0.15) is 10.4 Å². The molecule has 0 saturated carbocycles. The third-order valence-electron chi connectivity index (χ3n) is 3.16. The van der Waals surface area contributed by atoms with E-state index in [1.807, 2.05) is 47.2 Å². The van der Waals surface area contributed by atoms with Crippen molar-refractivity contribution in [3.63, 3.8) is 0 Å². The number of carbonyl (C=O) groups excluding carboxylic acids is 1. The molecule has 1 N–H and O–H groups in total. The van der Waals surface area contributed by atoms with E-state index in [1.165, 1.54) is 16.7 Å². The van der Waals surface area contributed by atoms with Gasteiger partial charge in [-0.15, -0.1) is 0 Å². The molecule has 106 valence electrons. The molecule has 2 aromatic carbocycles. The lowest BCUT2D eigenvalue weighted by Gasteiger charge is -2.08. The Morgan fingerprint density at radius 3 is 2.76 bits per heavy atom. The van der Waals surface area contributed by atoms with Gasteiger partial charge in [0, 0.05) is 10.9 Å². The van der Waals surface area contributed by atoms with E-state index in [0.717, 1.165) is 11.1 Å². The first-order chi connectivity index (χ1) is 10.3. The quantitative estimate of drug-likeness (QED) is 0.729. The number of hydrogen-bond acceptors (Lipinski definition) is 3. The topological polar surface area (TPSA) is 38.3 Å². The molecule has 0 spiro atoms. The van der Waals surface area contributed by atoms with Crippen molar-refractivity contribution in [1.29, 1.82) is 0 Å². The van der Waals surface area contributed by atoms with Gasteiger partial charge in [0.05, 0.1) is 6.54 Å². The molecule has 0 saturated heterocycles. The first kappa shape index (κ1) is 13.6. The van der Waals surface area contributed by atoms with Gasteiger partial charge >= 0.3 is 0 Å². The fourth-order valence-electron chi connectivity index (χ4n) is 2.09. The van der Waals surface area contributed by atoms with Gasteiger partial charge < -0.3 is 10.1 Å². The summed E-state index contributed by atoms with van der Waals surface area (Å²) in [4.78, 5) is 11.7. The zero-order chi connectivity index (χ0) is 14.5. The number of fused-ring (bicyclic) bond motifs is 1. The predicted molar refractivity (Wildman–Crippen MR) is 86.1 cm³/mol. The standard InChI is InChI=1S/C17H15NO2S/c19-17(15-7-10-21-12-15)18-8-9-20-16-6-5-13-3-1-2-4-14(13)11-16/h1-7,10-12H,8-9H2,(H,18,19). The Kier molecular flexibility index (Phi) is 4.17. The summed E-state index contributed by atoms with van der Waals surface area (Å²) in [5.74, 6) is 0.761. The van der Waals surface area contributed by atoms with E-state index in [4.69, 9.17) is 4.74 Å². The van der Waals surface area contributed by atoms with Gasteiger partial charge in [-0.2, -0.15) is 11.3 Å². The second-order valence-electron chi connectivity index (χ2n) is 4.63. The zero-order valence-electron chi connectivity index (χ0n) is 11.4. The average molecular weight is 297 g/mol. The Balaban J connectivity index is 1.51. The lowest BCUT2D eigenvalue weighted by molar-refractivity contribution is 0.0947. The minimum absolute atomic E-state index is 0.0571. The second kappa shape index (κ2) is 6.41. The summed E-state index contributed by atoms with van der Waals surface area (Å²) in [7, 11) is 0. The van der Waals surface area contributed by atoms with Crippen molar-refractivity contribution in [3.8, 4) is 5.75 Å². The number of nitrogens with one attached hydrogen (secondary N) is 1. The lowest BCUT2D eigenvalue weighted by atomic mass is 10.1. The molecule has 0 bridgehead atoms. The number of rotatable bonds is 5. The van der Waals surface area contributed by atoms with E-state index in [9.17, 15) is 4.79 Å². The highest BCUT2D eigenvalue weighted by atomic mass is 32.1. The molecule has 0 radical (unpaired) electrons. The van der Waals surface area contributed by atoms with Crippen LogP contribution in [0.2, 0.25) is 0 Å². The molecule has 1 heterocycles. The van der Waals surface area contributed by atoms with Gasteiger partial charge in [0.1, 0.15) is 12.4 Å². The van der Waals surface area contributed by atoms with Crippen LogP contribution in [0.25, 0.3) is 10.8 Å². The normalized spacial score (nSPS) is 10.5. The van der Waals surface area contributed by atoms with Gasteiger partial charge in [-0.05, 0) is 34.4 Å². The largest absolute Gasteiger partial charge is 0.492 e. The van der Waals surface area contributed by atoms with E-state index < -0.39 is 0 Å². The molecule has 21 heavy (non-hydrogen) atoms. The molecule has 0 unspecified atom stereocenters. The van der Waals surface area contributed by atoms with Crippen molar-refractivity contribution in [2.24, 2.45) is 0 Å². The predicted octanol–water partition coefficient (Wildman–Crippen LogP) is 3.71. The smallest absolute Gasteiger partial charge is 0.252 e. The maximum absolute atomic E-state index is 11.7. The first-order valence-corrected chi connectivity index (χ1v) is 7.69. The molecule has 1 aromatic heterocycles. The fraction of sp³-hybridized carbons (Fsp3) is 0.118. The van der Waals surface area contributed by atoms with Gasteiger partial charge in [-0.25, -0.2) is 0 Å². The second-order valence-corrected chi connectivity index (χ2v) is 5.41. The van der Waals surface area contributed by atoms with E-state index in [0.29, 0.717) is 18.7 Å². The van der Waals surface area contributed by atoms with Crippen LogP contribution < -0.4 is 10.1 Å². The SMILES string of the molecule is O=C(NCCOc1ccc2ccccc2c1)c1ccsc1. The fourth-order valence-corrected chi connectivity index (χ4v) is 2.72. The van der Waals surface area contributed by atoms with Crippen molar-refractivity contribution in [2.75, 3.05) is 13.2 Å². The number of ether oxygens (including phenoxy) is 1. The molecule has 3 nitrogen and oxygen atoms in total. The number of hydrogen-bond donors (Lipinski definition) is 1. The van der Waals surface area contributed by atoms with Crippen molar-refractivity contribution in [3.05, 3.63) is 64.9 Å². The summed E-state index contributed by atoms with van der Waals surface area (Å²) in [5, 5.41) is 8.90. The monoisotopic (exact) mass is 297 g/mol. The molecule has 0 aliphatic heterocycles. The van der Waals surface area contributed by atoms with Gasteiger partial charge in [0.25, 0.3) is 5.91 Å². The van der Waals surface area contributed by atoms with Crippen LogP contribution in [0.5, 0.6) is 5.75 Å². The van der Waals surface area contributed by atoms with E-state index in [-0.39, 0.29) is 5.91 Å². The molecule has 3 rings (SSSR count). The van der Waals surface area contributed by atoms with E-state index in [1.54, 1.807) is 0 Å². The van der Waals surface area contributed by atoms with Crippen LogP contribution in [0.3, 0.4) is 0 Å². The van der Waals surface area contributed by atoms with Crippen LogP contribution in [0.15, 0.2) is 59.3 Å². The maximum Gasteiger partial charge on any atom is 0.252 e. The number of amides is 1. The van der Waals surface area contributed by atoms with E-state index in [2.05, 4.69) is 17.4 Å². The molecule has 4 heteroatoms. The highest BCUT2D eigenvalue weighted by Gasteiger charge is 2.04. The molecule has 0 aliphatic carbocycles. The number of benzene rings is 2. The first-order valence-electron chi connectivity index (χ1n) is 6.75. The van der Waals surface area contributed by atoms with Crippen molar-refractivity contribution in [1.82, 2.24) is 5.32 Å². The van der Waals surface area contributed by atoms with Gasteiger partial charge in [0.15, 0.2) is 0 Å². The number of carbonyl (C=O) groups is 1. The molecule has 0 fully saturated rings. The summed E-state index contributed by atoms with van der Waals surface area (Å²) in [6, 6.07) is 16.0. The van der Waals surface area contributed by atoms with Crippen molar-refractivity contribution < 1.29 is 9.53 Å². The number of thiophene rings is 1. The van der Waals surface area contributed by atoms with Crippen molar-refractivity contribution >= 4 is 28.0 Å². The van der Waals surface area contributed by atoms with Crippen molar-refractivity contribution in [2.45, 2.75) is 0 Å². The Labute approximate surface area is 127 Å². The lowest BCUT2D eigenvalue weighted by Crippen LogP contribution is -2.27. The molecule has 0 atom stereocenters. The van der Waals surface area contributed by atoms with Crippen LogP contribution in [-0.2, 0) is 0 Å². The van der Waals surface area contributed by atoms with Gasteiger partial charge in [-0.1, -0.05) is 30.3 Å². The van der Waals surface area contributed by atoms with E-state index >= 15 is 0 Å². The van der Waals surface area contributed by atoms with Crippen LogP contribution in [0, 0.1) is 0 Å². The Hall–Kier alpha value is -2.33. The summed E-state index contributed by atoms with van der Waals surface area (Å²) >= 11 is 1.51. The molecule has 1 amide bonds. The van der Waals surface area contributed by atoms with Gasteiger partial charge in [0.2, 0.25) is 0 Å². The summed E-state index contributed by atoms with van der Waals surface area (Å²) in [5.41, 5.74) is 0.700. The maximum atomic E-state index is 11.7. The molecule has 0 aliphatic rings. The zero-order valence-corrected chi connectivity index (χ0v) is 12.2. The summed E-state index contributed by atoms with van der Waals surface area (Å²) in [6.07, 6.45) is 0. The molecule has 3 aromatic rings. The van der Waals surface area contributed by atoms with Crippen LogP contribution in [0.4, 0.5) is 0 Å². The molecular weight excluding hydrogens is 282 g/mol. The Morgan fingerprint density at radius 2 is 1.95 bits per heavy atom.